The lowest BCUT2D eigenvalue weighted by molar-refractivity contribution is 0.0981. The van der Waals surface area contributed by atoms with E-state index >= 15 is 0 Å². The van der Waals surface area contributed by atoms with Gasteiger partial charge in [0.25, 0.3) is 5.91 Å². The van der Waals surface area contributed by atoms with Gasteiger partial charge in [-0.1, -0.05) is 84.1 Å². The van der Waals surface area contributed by atoms with Crippen molar-refractivity contribution in [1.29, 1.82) is 0 Å². The van der Waals surface area contributed by atoms with E-state index in [2.05, 4.69) is 6.07 Å². The third-order valence-corrected chi connectivity index (χ3v) is 7.68. The minimum absolute atomic E-state index is 0.0116. The molecule has 0 N–H and O–H groups in total. The zero-order valence-electron chi connectivity index (χ0n) is 19.8. The molecule has 0 saturated heterocycles. The second-order valence-corrected chi connectivity index (χ2v) is 9.87. The number of thiazole rings is 1. The molecule has 5 nitrogen and oxygen atoms in total. The summed E-state index contributed by atoms with van der Waals surface area (Å²) in [4.78, 5) is 33.5. The summed E-state index contributed by atoms with van der Waals surface area (Å²) in [5.74, 6) is -0.434. The molecule has 2 heterocycles. The van der Waals surface area contributed by atoms with Gasteiger partial charge >= 0.3 is 5.63 Å². The lowest BCUT2D eigenvalue weighted by Crippen LogP contribution is -2.33. The molecule has 0 fully saturated rings. The minimum atomic E-state index is -0.658. The minimum Gasteiger partial charge on any atom is -0.422 e. The highest BCUT2D eigenvalue weighted by atomic mass is 32.1. The highest BCUT2D eigenvalue weighted by molar-refractivity contribution is 7.22. The fourth-order valence-electron chi connectivity index (χ4n) is 4.52. The quantitative estimate of drug-likeness (QED) is 0.197. The summed E-state index contributed by atoms with van der Waals surface area (Å²) in [6.45, 7) is 4.33. The van der Waals surface area contributed by atoms with Gasteiger partial charge < -0.3 is 4.42 Å². The van der Waals surface area contributed by atoms with Gasteiger partial charge in [-0.15, -0.1) is 0 Å². The number of carbonyl (C=O) groups excluding carboxylic acids is 1. The zero-order chi connectivity index (χ0) is 24.8. The molecule has 0 spiro atoms. The highest BCUT2D eigenvalue weighted by Crippen LogP contribution is 2.34. The van der Waals surface area contributed by atoms with Gasteiger partial charge in [0.05, 0.1) is 16.8 Å². The summed E-state index contributed by atoms with van der Waals surface area (Å²) in [6.07, 6.45) is 0. The van der Waals surface area contributed by atoms with Gasteiger partial charge in [0.1, 0.15) is 11.1 Å². The van der Waals surface area contributed by atoms with E-state index in [-0.39, 0.29) is 12.1 Å². The Labute approximate surface area is 211 Å². The lowest BCUT2D eigenvalue weighted by atomic mass is 10.0. The lowest BCUT2D eigenvalue weighted by Gasteiger charge is -2.20. The number of hydrogen-bond acceptors (Lipinski definition) is 5. The summed E-state index contributed by atoms with van der Waals surface area (Å²) in [5, 5.41) is 3.21. The first-order chi connectivity index (χ1) is 17.5. The summed E-state index contributed by atoms with van der Waals surface area (Å²) in [5.41, 5.74) is 3.74. The van der Waals surface area contributed by atoms with E-state index in [1.54, 1.807) is 17.0 Å². The second-order valence-electron chi connectivity index (χ2n) is 8.90. The van der Waals surface area contributed by atoms with Gasteiger partial charge in [0, 0.05) is 5.39 Å². The van der Waals surface area contributed by atoms with Gasteiger partial charge in [-0.25, -0.2) is 9.78 Å². The van der Waals surface area contributed by atoms with E-state index in [0.717, 1.165) is 43.1 Å². The summed E-state index contributed by atoms with van der Waals surface area (Å²) in [6, 6.07) is 27.0. The molecular formula is C30H22N2O3S. The Morgan fingerprint density at radius 3 is 2.44 bits per heavy atom. The third kappa shape index (κ3) is 3.76. The fraction of sp³-hybridized carbons (Fsp3) is 0.100. The molecule has 2 aromatic heterocycles. The van der Waals surface area contributed by atoms with Gasteiger partial charge in [0.2, 0.25) is 0 Å². The van der Waals surface area contributed by atoms with Crippen LogP contribution in [0.4, 0.5) is 5.13 Å². The number of aromatic nitrogens is 1. The molecule has 0 aliphatic rings. The predicted molar refractivity (Wildman–Crippen MR) is 146 cm³/mol. The number of fused-ring (bicyclic) bond motifs is 4. The average molecular weight is 491 g/mol. The van der Waals surface area contributed by atoms with E-state index in [1.807, 2.05) is 80.6 Å². The second kappa shape index (κ2) is 8.73. The molecule has 6 aromatic rings. The maximum Gasteiger partial charge on any atom is 0.349 e. The van der Waals surface area contributed by atoms with Crippen molar-refractivity contribution in [3.05, 3.63) is 118 Å². The van der Waals surface area contributed by atoms with Gasteiger partial charge in [-0.05, 0) is 53.4 Å². The number of aryl methyl sites for hydroxylation is 2. The first-order valence-corrected chi connectivity index (χ1v) is 12.5. The van der Waals surface area contributed by atoms with Crippen molar-refractivity contribution in [3.8, 4) is 0 Å². The molecule has 0 saturated carbocycles. The Balaban J connectivity index is 1.54. The Morgan fingerprint density at radius 1 is 0.889 bits per heavy atom. The third-order valence-electron chi connectivity index (χ3n) is 6.46. The SMILES string of the molecule is Cc1ccc(C)c2sc(N(Cc3ccccc3)C(=O)c3cc4c(ccc5ccccc54)oc3=O)nc12. The molecule has 0 aliphatic carbocycles. The van der Waals surface area contributed by atoms with Gasteiger partial charge in [-0.3, -0.25) is 9.69 Å². The molecular weight excluding hydrogens is 468 g/mol. The van der Waals surface area contributed by atoms with Crippen LogP contribution < -0.4 is 10.5 Å². The van der Waals surface area contributed by atoms with Crippen LogP contribution >= 0.6 is 11.3 Å². The van der Waals surface area contributed by atoms with Crippen molar-refractivity contribution in [3.63, 3.8) is 0 Å². The van der Waals surface area contributed by atoms with Gasteiger partial charge in [0.15, 0.2) is 5.13 Å². The average Bonchev–Trinajstić information content (AvgIpc) is 3.36. The van der Waals surface area contributed by atoms with Crippen LogP contribution in [-0.2, 0) is 6.54 Å². The Morgan fingerprint density at radius 2 is 1.64 bits per heavy atom. The van der Waals surface area contributed by atoms with Crippen LogP contribution in [0.5, 0.6) is 0 Å². The molecule has 4 aromatic carbocycles. The molecule has 0 radical (unpaired) electrons. The number of benzene rings is 4. The van der Waals surface area contributed by atoms with E-state index in [1.165, 1.54) is 11.3 Å². The number of carbonyl (C=O) groups is 1. The fourth-order valence-corrected chi connectivity index (χ4v) is 5.63. The molecule has 6 rings (SSSR count). The topological polar surface area (TPSA) is 63.4 Å². The normalized spacial score (nSPS) is 11.4. The molecule has 6 heteroatoms. The van der Waals surface area contributed by atoms with E-state index in [9.17, 15) is 9.59 Å². The standard InChI is InChI=1S/C30H22N2O3S/c1-18-12-13-19(2)27-26(18)31-30(36-27)32(17-20-8-4-3-5-9-20)28(33)24-16-23-22-11-7-6-10-21(22)14-15-25(23)35-29(24)34/h3-16H,17H2,1-2H3. The van der Waals surface area contributed by atoms with Crippen molar-refractivity contribution < 1.29 is 9.21 Å². The number of amides is 1. The number of nitrogens with zero attached hydrogens (tertiary/aromatic N) is 2. The number of anilines is 1. The smallest absolute Gasteiger partial charge is 0.349 e. The van der Waals surface area contributed by atoms with E-state index < -0.39 is 11.5 Å². The van der Waals surface area contributed by atoms with Crippen LogP contribution in [0.2, 0.25) is 0 Å². The van der Waals surface area contributed by atoms with Crippen LogP contribution in [0.3, 0.4) is 0 Å². The van der Waals surface area contributed by atoms with E-state index in [4.69, 9.17) is 9.40 Å². The number of hydrogen-bond donors (Lipinski definition) is 0. The van der Waals surface area contributed by atoms with Crippen molar-refractivity contribution in [2.24, 2.45) is 0 Å². The molecule has 0 unspecified atom stereocenters. The van der Waals surface area contributed by atoms with Crippen LogP contribution in [0, 0.1) is 13.8 Å². The number of rotatable bonds is 4. The van der Waals surface area contributed by atoms with Crippen LogP contribution in [-0.4, -0.2) is 10.9 Å². The highest BCUT2D eigenvalue weighted by Gasteiger charge is 2.26. The largest absolute Gasteiger partial charge is 0.422 e. The Bertz CT molecular complexity index is 1800. The van der Waals surface area contributed by atoms with Crippen LogP contribution in [0.1, 0.15) is 27.0 Å². The first kappa shape index (κ1) is 22.2. The molecule has 36 heavy (non-hydrogen) atoms. The van der Waals surface area contributed by atoms with Crippen LogP contribution in [0.25, 0.3) is 32.0 Å². The monoisotopic (exact) mass is 490 g/mol. The van der Waals surface area contributed by atoms with Crippen molar-refractivity contribution >= 4 is 54.3 Å². The van der Waals surface area contributed by atoms with Crippen LogP contribution in [0.15, 0.2) is 94.1 Å². The van der Waals surface area contributed by atoms with E-state index in [0.29, 0.717) is 10.7 Å². The maximum absolute atomic E-state index is 14.0. The van der Waals surface area contributed by atoms with Crippen molar-refractivity contribution in [1.82, 2.24) is 4.98 Å². The molecule has 0 bridgehead atoms. The Hall–Kier alpha value is -4.29. The molecule has 1 amide bonds. The first-order valence-electron chi connectivity index (χ1n) is 11.7. The van der Waals surface area contributed by atoms with Crippen molar-refractivity contribution in [2.45, 2.75) is 20.4 Å². The predicted octanol–water partition coefficient (Wildman–Crippen LogP) is 7.02. The molecule has 176 valence electrons. The zero-order valence-corrected chi connectivity index (χ0v) is 20.6. The Kier molecular flexibility index (Phi) is 5.38. The van der Waals surface area contributed by atoms with Gasteiger partial charge in [-0.2, -0.15) is 0 Å². The summed E-state index contributed by atoms with van der Waals surface area (Å²) < 4.78 is 6.67. The maximum atomic E-state index is 14.0. The molecule has 0 atom stereocenters. The summed E-state index contributed by atoms with van der Waals surface area (Å²) in [7, 11) is 0. The molecule has 0 aliphatic heterocycles. The summed E-state index contributed by atoms with van der Waals surface area (Å²) >= 11 is 1.46. The van der Waals surface area contributed by atoms with Crippen molar-refractivity contribution in [2.75, 3.05) is 4.90 Å².